The standard InChI is InChI=1S/C27H25ClN4O2S/c28-22-10-11-23-24(18-22)35-27(30-23)32-16-14-31(15-17-32)13-12-29-26(34)21-8-6-20(7-9-21)25(33)19-4-2-1-3-5-19/h1-11,18H,12-17H2,(H,29,34). The molecule has 2 heterocycles. The van der Waals surface area contributed by atoms with E-state index in [9.17, 15) is 9.59 Å². The number of ketones is 1. The molecule has 1 fully saturated rings. The Labute approximate surface area is 213 Å². The Bertz CT molecular complexity index is 1330. The topological polar surface area (TPSA) is 65.5 Å². The van der Waals surface area contributed by atoms with Gasteiger partial charge >= 0.3 is 0 Å². The third-order valence-corrected chi connectivity index (χ3v) is 7.45. The first kappa shape index (κ1) is 23.5. The minimum atomic E-state index is -0.129. The minimum Gasteiger partial charge on any atom is -0.351 e. The third kappa shape index (κ3) is 5.53. The average Bonchev–Trinajstić information content (AvgIpc) is 3.32. The fourth-order valence-electron chi connectivity index (χ4n) is 4.14. The van der Waals surface area contributed by atoms with Gasteiger partial charge in [-0.1, -0.05) is 65.4 Å². The predicted octanol–water partition coefficient (Wildman–Crippen LogP) is 4.73. The van der Waals surface area contributed by atoms with Crippen LogP contribution in [-0.4, -0.2) is 60.8 Å². The Hall–Kier alpha value is -3.26. The lowest BCUT2D eigenvalue weighted by Gasteiger charge is -2.34. The van der Waals surface area contributed by atoms with E-state index in [1.807, 2.05) is 36.4 Å². The first-order valence-corrected chi connectivity index (χ1v) is 12.8. The van der Waals surface area contributed by atoms with Crippen LogP contribution < -0.4 is 10.2 Å². The maximum absolute atomic E-state index is 12.5. The van der Waals surface area contributed by atoms with Crippen LogP contribution >= 0.6 is 22.9 Å². The molecule has 0 radical (unpaired) electrons. The van der Waals surface area contributed by atoms with E-state index in [1.165, 1.54) is 0 Å². The predicted molar refractivity (Wildman–Crippen MR) is 142 cm³/mol. The van der Waals surface area contributed by atoms with E-state index in [1.54, 1.807) is 47.7 Å². The van der Waals surface area contributed by atoms with Gasteiger partial charge in [0.15, 0.2) is 10.9 Å². The molecular weight excluding hydrogens is 480 g/mol. The van der Waals surface area contributed by atoms with Gasteiger partial charge in [-0.05, 0) is 30.3 Å². The Morgan fingerprint density at radius 1 is 0.886 bits per heavy atom. The molecule has 1 saturated heterocycles. The number of benzene rings is 3. The highest BCUT2D eigenvalue weighted by Crippen LogP contribution is 2.31. The zero-order chi connectivity index (χ0) is 24.2. The highest BCUT2D eigenvalue weighted by atomic mass is 35.5. The minimum absolute atomic E-state index is 0.0497. The number of thiazole rings is 1. The lowest BCUT2D eigenvalue weighted by atomic mass is 10.0. The van der Waals surface area contributed by atoms with E-state index in [-0.39, 0.29) is 11.7 Å². The number of nitrogens with one attached hydrogen (secondary N) is 1. The Morgan fingerprint density at radius 2 is 1.57 bits per heavy atom. The van der Waals surface area contributed by atoms with Crippen LogP contribution in [0.15, 0.2) is 72.8 Å². The first-order chi connectivity index (χ1) is 17.1. The molecule has 0 aliphatic carbocycles. The maximum atomic E-state index is 12.5. The van der Waals surface area contributed by atoms with Gasteiger partial charge in [-0.2, -0.15) is 0 Å². The smallest absolute Gasteiger partial charge is 0.251 e. The number of anilines is 1. The molecule has 35 heavy (non-hydrogen) atoms. The van der Waals surface area contributed by atoms with Crippen LogP contribution in [0.5, 0.6) is 0 Å². The SMILES string of the molecule is O=C(NCCN1CCN(c2nc3ccc(Cl)cc3s2)CC1)c1ccc(C(=O)c2ccccc2)cc1. The zero-order valence-electron chi connectivity index (χ0n) is 19.1. The number of rotatable bonds is 7. The molecule has 8 heteroatoms. The summed E-state index contributed by atoms with van der Waals surface area (Å²) in [4.78, 5) is 34.5. The molecule has 0 spiro atoms. The second kappa shape index (κ2) is 10.6. The fourth-order valence-corrected chi connectivity index (χ4v) is 5.44. The number of piperazine rings is 1. The number of carbonyl (C=O) groups excluding carboxylic acids is 2. The van der Waals surface area contributed by atoms with Crippen molar-refractivity contribution >= 4 is 50.0 Å². The van der Waals surface area contributed by atoms with Gasteiger partial charge in [-0.25, -0.2) is 4.98 Å². The molecule has 1 amide bonds. The second-order valence-corrected chi connectivity index (χ2v) is 9.91. The van der Waals surface area contributed by atoms with Gasteiger partial charge < -0.3 is 10.2 Å². The van der Waals surface area contributed by atoms with E-state index in [0.29, 0.717) is 23.2 Å². The van der Waals surface area contributed by atoms with Crippen LogP contribution in [0.2, 0.25) is 5.02 Å². The lowest BCUT2D eigenvalue weighted by Crippen LogP contribution is -2.48. The molecule has 1 N–H and O–H groups in total. The molecule has 1 aliphatic rings. The summed E-state index contributed by atoms with van der Waals surface area (Å²) in [6.45, 7) is 5.01. The molecule has 0 saturated carbocycles. The molecule has 4 aromatic rings. The summed E-state index contributed by atoms with van der Waals surface area (Å²) in [5.41, 5.74) is 2.74. The van der Waals surface area contributed by atoms with Crippen molar-refractivity contribution in [2.45, 2.75) is 0 Å². The van der Waals surface area contributed by atoms with Gasteiger partial charge in [0.25, 0.3) is 5.91 Å². The highest BCUT2D eigenvalue weighted by molar-refractivity contribution is 7.22. The molecule has 1 aliphatic heterocycles. The first-order valence-electron chi connectivity index (χ1n) is 11.6. The number of halogens is 1. The van der Waals surface area contributed by atoms with Crippen molar-refractivity contribution in [1.29, 1.82) is 0 Å². The summed E-state index contributed by atoms with van der Waals surface area (Å²) in [6.07, 6.45) is 0. The summed E-state index contributed by atoms with van der Waals surface area (Å²) in [5, 5.41) is 4.76. The summed E-state index contributed by atoms with van der Waals surface area (Å²) in [7, 11) is 0. The van der Waals surface area contributed by atoms with E-state index in [2.05, 4.69) is 15.1 Å². The number of aromatic nitrogens is 1. The molecule has 178 valence electrons. The van der Waals surface area contributed by atoms with E-state index < -0.39 is 0 Å². The van der Waals surface area contributed by atoms with Crippen LogP contribution in [-0.2, 0) is 0 Å². The monoisotopic (exact) mass is 504 g/mol. The van der Waals surface area contributed by atoms with Gasteiger partial charge in [0.2, 0.25) is 0 Å². The Morgan fingerprint density at radius 3 is 2.31 bits per heavy atom. The number of carbonyl (C=O) groups is 2. The van der Waals surface area contributed by atoms with Gasteiger partial charge in [0, 0.05) is 61.0 Å². The summed E-state index contributed by atoms with van der Waals surface area (Å²) >= 11 is 7.77. The van der Waals surface area contributed by atoms with E-state index in [0.717, 1.165) is 53.1 Å². The van der Waals surface area contributed by atoms with Crippen molar-refractivity contribution in [3.8, 4) is 0 Å². The van der Waals surface area contributed by atoms with Gasteiger partial charge in [0.1, 0.15) is 0 Å². The highest BCUT2D eigenvalue weighted by Gasteiger charge is 2.20. The molecule has 0 atom stereocenters. The summed E-state index contributed by atoms with van der Waals surface area (Å²) in [5.74, 6) is -0.179. The summed E-state index contributed by atoms with van der Waals surface area (Å²) in [6, 6.07) is 21.8. The van der Waals surface area contributed by atoms with Gasteiger partial charge in [0.05, 0.1) is 10.2 Å². The van der Waals surface area contributed by atoms with Crippen LogP contribution in [0.3, 0.4) is 0 Å². The largest absolute Gasteiger partial charge is 0.351 e. The van der Waals surface area contributed by atoms with Crippen molar-refractivity contribution < 1.29 is 9.59 Å². The van der Waals surface area contributed by atoms with Crippen molar-refractivity contribution in [2.24, 2.45) is 0 Å². The van der Waals surface area contributed by atoms with Gasteiger partial charge in [-0.3, -0.25) is 14.5 Å². The molecule has 6 nitrogen and oxygen atoms in total. The molecule has 1 aromatic heterocycles. The van der Waals surface area contributed by atoms with Crippen molar-refractivity contribution in [2.75, 3.05) is 44.2 Å². The Kier molecular flexibility index (Phi) is 7.08. The number of nitrogens with zero attached hydrogens (tertiary/aromatic N) is 3. The van der Waals surface area contributed by atoms with Crippen LogP contribution in [0, 0.1) is 0 Å². The Balaban J connectivity index is 1.08. The summed E-state index contributed by atoms with van der Waals surface area (Å²) < 4.78 is 1.11. The molecule has 3 aromatic carbocycles. The van der Waals surface area contributed by atoms with Crippen molar-refractivity contribution in [1.82, 2.24) is 15.2 Å². The molecule has 0 bridgehead atoms. The number of amides is 1. The molecular formula is C27H25ClN4O2S. The lowest BCUT2D eigenvalue weighted by molar-refractivity contribution is 0.0946. The van der Waals surface area contributed by atoms with E-state index >= 15 is 0 Å². The zero-order valence-corrected chi connectivity index (χ0v) is 20.7. The van der Waals surface area contributed by atoms with Crippen LogP contribution in [0.25, 0.3) is 10.2 Å². The quantitative estimate of drug-likeness (QED) is 0.368. The number of hydrogen-bond donors (Lipinski definition) is 1. The average molecular weight is 505 g/mol. The number of hydrogen-bond acceptors (Lipinski definition) is 6. The second-order valence-electron chi connectivity index (χ2n) is 8.47. The fraction of sp³-hybridized carbons (Fsp3) is 0.222. The van der Waals surface area contributed by atoms with Crippen molar-refractivity contribution in [3.05, 3.63) is 94.5 Å². The molecule has 0 unspecified atom stereocenters. The number of fused-ring (bicyclic) bond motifs is 1. The van der Waals surface area contributed by atoms with Crippen molar-refractivity contribution in [3.63, 3.8) is 0 Å². The normalized spacial score (nSPS) is 14.3. The van der Waals surface area contributed by atoms with Gasteiger partial charge in [-0.15, -0.1) is 0 Å². The maximum Gasteiger partial charge on any atom is 0.251 e. The van der Waals surface area contributed by atoms with E-state index in [4.69, 9.17) is 16.6 Å². The van der Waals surface area contributed by atoms with Crippen LogP contribution in [0.1, 0.15) is 26.3 Å². The molecule has 5 rings (SSSR count). The van der Waals surface area contributed by atoms with Crippen LogP contribution in [0.4, 0.5) is 5.13 Å². The third-order valence-electron chi connectivity index (χ3n) is 6.14.